The van der Waals surface area contributed by atoms with Gasteiger partial charge in [0.25, 0.3) is 0 Å². The van der Waals surface area contributed by atoms with Crippen LogP contribution in [0.1, 0.15) is 38.3 Å². The zero-order valence-corrected chi connectivity index (χ0v) is 16.9. The molecule has 4 nitrogen and oxygen atoms in total. The first-order valence-corrected chi connectivity index (χ1v) is 9.30. The van der Waals surface area contributed by atoms with E-state index in [0.717, 1.165) is 12.1 Å². The van der Waals surface area contributed by atoms with E-state index in [1.807, 2.05) is 26.8 Å². The predicted molar refractivity (Wildman–Crippen MR) is 111 cm³/mol. The van der Waals surface area contributed by atoms with Gasteiger partial charge in [0.2, 0.25) is 5.91 Å². The van der Waals surface area contributed by atoms with Crippen LogP contribution in [0.5, 0.6) is 0 Å². The number of nitrogens with one attached hydrogen (secondary N) is 1. The van der Waals surface area contributed by atoms with Crippen molar-refractivity contribution >= 4 is 24.0 Å². The summed E-state index contributed by atoms with van der Waals surface area (Å²) in [5.41, 5.74) is 11.1. The molecule has 1 amide bonds. The molecule has 0 spiro atoms. The summed E-state index contributed by atoms with van der Waals surface area (Å²) in [5, 5.41) is 3.04. The fourth-order valence-corrected chi connectivity index (χ4v) is 4.29. The van der Waals surface area contributed by atoms with Crippen molar-refractivity contribution in [1.29, 1.82) is 0 Å². The third kappa shape index (κ3) is 2.96. The first kappa shape index (κ1) is 19.9. The molecule has 0 radical (unpaired) electrons. The number of anilines is 1. The van der Waals surface area contributed by atoms with Crippen LogP contribution in [0.25, 0.3) is 11.1 Å². The molecule has 2 aromatic carbocycles. The average molecular weight is 387 g/mol. The lowest BCUT2D eigenvalue weighted by molar-refractivity contribution is -0.166. The van der Waals surface area contributed by atoms with E-state index in [-0.39, 0.29) is 29.8 Å². The molecule has 1 saturated carbocycles. The molecule has 0 aliphatic heterocycles. The van der Waals surface area contributed by atoms with Gasteiger partial charge in [0.15, 0.2) is 0 Å². The molecule has 2 aliphatic carbocycles. The van der Waals surface area contributed by atoms with Crippen LogP contribution in [0.3, 0.4) is 0 Å². The average Bonchev–Trinajstić information content (AvgIpc) is 2.99. The number of benzene rings is 2. The van der Waals surface area contributed by atoms with E-state index in [9.17, 15) is 4.79 Å². The molecular formula is C22H27ClN2O2. The van der Waals surface area contributed by atoms with E-state index in [4.69, 9.17) is 10.5 Å². The number of hydrogen-bond acceptors (Lipinski definition) is 3. The third-order valence-corrected chi connectivity index (χ3v) is 6.29. The Morgan fingerprint density at radius 2 is 1.89 bits per heavy atom. The molecular weight excluding hydrogens is 360 g/mol. The lowest BCUT2D eigenvalue weighted by atomic mass is 9.54. The van der Waals surface area contributed by atoms with Crippen molar-refractivity contribution in [1.82, 2.24) is 0 Å². The number of ether oxygens (including phenoxy) is 1. The summed E-state index contributed by atoms with van der Waals surface area (Å²) in [6.45, 7) is 6.62. The van der Waals surface area contributed by atoms with Gasteiger partial charge < -0.3 is 15.8 Å². The summed E-state index contributed by atoms with van der Waals surface area (Å²) in [7, 11) is 0. The largest absolute Gasteiger partial charge is 0.378 e. The number of hydrogen-bond donors (Lipinski definition) is 2. The number of carbonyl (C=O) groups excluding carboxylic acids is 1. The molecule has 0 heterocycles. The monoisotopic (exact) mass is 386 g/mol. The van der Waals surface area contributed by atoms with E-state index in [1.165, 1.54) is 22.3 Å². The molecule has 2 aromatic rings. The minimum atomic E-state index is -0.908. The van der Waals surface area contributed by atoms with E-state index in [1.54, 1.807) is 0 Å². The van der Waals surface area contributed by atoms with Gasteiger partial charge in [-0.2, -0.15) is 0 Å². The smallest absolute Gasteiger partial charge is 0.245 e. The van der Waals surface area contributed by atoms with E-state index in [2.05, 4.69) is 41.7 Å². The van der Waals surface area contributed by atoms with Crippen molar-refractivity contribution < 1.29 is 9.53 Å². The molecule has 1 fully saturated rings. The second kappa shape index (κ2) is 6.93. The minimum absolute atomic E-state index is 0. The molecule has 3 N–H and O–H groups in total. The SMILES string of the molecule is CCOC1CC(N)(C(=O)Nc2ccc3c(c2)Cc2ccccc2-3)C1(C)C.Cl. The number of nitrogens with two attached hydrogens (primary N) is 1. The Kier molecular flexibility index (Phi) is 5.10. The summed E-state index contributed by atoms with van der Waals surface area (Å²) >= 11 is 0. The van der Waals surface area contributed by atoms with Crippen molar-refractivity contribution in [2.75, 3.05) is 11.9 Å². The van der Waals surface area contributed by atoms with Crippen molar-refractivity contribution in [2.45, 2.75) is 45.3 Å². The van der Waals surface area contributed by atoms with Crippen LogP contribution in [-0.2, 0) is 16.0 Å². The number of rotatable bonds is 4. The van der Waals surface area contributed by atoms with Crippen LogP contribution < -0.4 is 11.1 Å². The van der Waals surface area contributed by atoms with Gasteiger partial charge in [0, 0.05) is 24.1 Å². The Balaban J connectivity index is 0.00000210. The van der Waals surface area contributed by atoms with Crippen LogP contribution in [-0.4, -0.2) is 24.2 Å². The standard InChI is InChI=1S/C22H26N2O2.ClH/c1-4-26-19-13-22(23,21(19,2)3)20(25)24-16-9-10-18-15(12-16)11-14-7-5-6-8-17(14)18;/h5-10,12,19H,4,11,13,23H2,1-3H3,(H,24,25);1H. The zero-order valence-electron chi connectivity index (χ0n) is 16.0. The topological polar surface area (TPSA) is 64.3 Å². The van der Waals surface area contributed by atoms with Gasteiger partial charge in [-0.3, -0.25) is 4.79 Å². The molecule has 0 saturated heterocycles. The maximum atomic E-state index is 12.9. The molecule has 2 unspecified atom stereocenters. The Labute approximate surface area is 166 Å². The number of fused-ring (bicyclic) bond motifs is 3. The van der Waals surface area contributed by atoms with Gasteiger partial charge in [0.1, 0.15) is 5.54 Å². The molecule has 4 rings (SSSR count). The number of amides is 1. The fraction of sp³-hybridized carbons (Fsp3) is 0.409. The van der Waals surface area contributed by atoms with E-state index in [0.29, 0.717) is 13.0 Å². The molecule has 27 heavy (non-hydrogen) atoms. The lowest BCUT2D eigenvalue weighted by Crippen LogP contribution is -2.74. The van der Waals surface area contributed by atoms with Crippen molar-refractivity contribution in [3.63, 3.8) is 0 Å². The van der Waals surface area contributed by atoms with Crippen LogP contribution in [0.2, 0.25) is 0 Å². The summed E-state index contributed by atoms with van der Waals surface area (Å²) in [6, 6.07) is 14.6. The highest BCUT2D eigenvalue weighted by atomic mass is 35.5. The number of carbonyl (C=O) groups is 1. The fourth-order valence-electron chi connectivity index (χ4n) is 4.29. The molecule has 0 bridgehead atoms. The van der Waals surface area contributed by atoms with Gasteiger partial charge in [0.05, 0.1) is 6.10 Å². The molecule has 0 aromatic heterocycles. The predicted octanol–water partition coefficient (Wildman–Crippen LogP) is 4.15. The Bertz CT molecular complexity index is 880. The van der Waals surface area contributed by atoms with Crippen LogP contribution >= 0.6 is 12.4 Å². The first-order chi connectivity index (χ1) is 12.4. The van der Waals surface area contributed by atoms with Crippen LogP contribution in [0.4, 0.5) is 5.69 Å². The van der Waals surface area contributed by atoms with Gasteiger partial charge in [-0.05, 0) is 47.7 Å². The lowest BCUT2D eigenvalue weighted by Gasteiger charge is -2.57. The van der Waals surface area contributed by atoms with Crippen molar-refractivity contribution in [3.05, 3.63) is 53.6 Å². The first-order valence-electron chi connectivity index (χ1n) is 9.30. The maximum absolute atomic E-state index is 12.9. The molecule has 5 heteroatoms. The second-order valence-corrected chi connectivity index (χ2v) is 8.00. The molecule has 2 atom stereocenters. The minimum Gasteiger partial charge on any atom is -0.378 e. The number of halogens is 1. The molecule has 2 aliphatic rings. The second-order valence-electron chi connectivity index (χ2n) is 8.00. The Morgan fingerprint density at radius 1 is 1.19 bits per heavy atom. The van der Waals surface area contributed by atoms with Gasteiger partial charge >= 0.3 is 0 Å². The van der Waals surface area contributed by atoms with E-state index >= 15 is 0 Å². The summed E-state index contributed by atoms with van der Waals surface area (Å²) in [4.78, 5) is 12.9. The third-order valence-electron chi connectivity index (χ3n) is 6.29. The maximum Gasteiger partial charge on any atom is 0.245 e. The van der Waals surface area contributed by atoms with Gasteiger partial charge in [-0.15, -0.1) is 12.4 Å². The molecule has 144 valence electrons. The van der Waals surface area contributed by atoms with Crippen LogP contribution in [0.15, 0.2) is 42.5 Å². The summed E-state index contributed by atoms with van der Waals surface area (Å²) < 4.78 is 5.73. The normalized spacial score (nSPS) is 24.2. The Hall–Kier alpha value is -1.88. The van der Waals surface area contributed by atoms with Gasteiger partial charge in [-0.1, -0.05) is 44.2 Å². The highest BCUT2D eigenvalue weighted by Crippen LogP contribution is 2.50. The van der Waals surface area contributed by atoms with Crippen molar-refractivity contribution in [3.8, 4) is 11.1 Å². The zero-order chi connectivity index (χ0) is 18.5. The van der Waals surface area contributed by atoms with Crippen LogP contribution in [0, 0.1) is 5.41 Å². The Morgan fingerprint density at radius 3 is 2.59 bits per heavy atom. The van der Waals surface area contributed by atoms with Gasteiger partial charge in [-0.25, -0.2) is 0 Å². The highest BCUT2D eigenvalue weighted by Gasteiger charge is 2.62. The van der Waals surface area contributed by atoms with E-state index < -0.39 is 5.54 Å². The summed E-state index contributed by atoms with van der Waals surface area (Å²) in [5.74, 6) is -0.131. The summed E-state index contributed by atoms with van der Waals surface area (Å²) in [6.07, 6.45) is 1.48. The van der Waals surface area contributed by atoms with Crippen molar-refractivity contribution in [2.24, 2.45) is 11.1 Å². The highest BCUT2D eigenvalue weighted by molar-refractivity contribution is 6.00. The quantitative estimate of drug-likeness (QED) is 0.707.